The molecule has 1 aliphatic rings. The highest BCUT2D eigenvalue weighted by Gasteiger charge is 2.34. The smallest absolute Gasteiger partial charge is 0.258 e. The van der Waals surface area contributed by atoms with Gasteiger partial charge in [0.05, 0.1) is 23.0 Å². The van der Waals surface area contributed by atoms with E-state index >= 15 is 0 Å². The third-order valence-electron chi connectivity index (χ3n) is 3.83. The van der Waals surface area contributed by atoms with Crippen LogP contribution in [0.1, 0.15) is 52.1 Å². The lowest BCUT2D eigenvalue weighted by atomic mass is 10.1. The van der Waals surface area contributed by atoms with Crippen molar-refractivity contribution in [2.45, 2.75) is 39.7 Å². The number of hydrogen-bond donors (Lipinski definition) is 1. The van der Waals surface area contributed by atoms with Gasteiger partial charge >= 0.3 is 0 Å². The predicted molar refractivity (Wildman–Crippen MR) is 72.3 cm³/mol. The van der Waals surface area contributed by atoms with Gasteiger partial charge in [0.1, 0.15) is 0 Å². The Kier molecular flexibility index (Phi) is 3.08. The second-order valence-corrected chi connectivity index (χ2v) is 5.34. The van der Waals surface area contributed by atoms with Gasteiger partial charge in [-0.05, 0) is 33.6 Å². The first kappa shape index (κ1) is 12.9. The first-order valence-corrected chi connectivity index (χ1v) is 6.83. The van der Waals surface area contributed by atoms with Crippen LogP contribution in [0.2, 0.25) is 0 Å². The van der Waals surface area contributed by atoms with Gasteiger partial charge in [-0.15, -0.1) is 0 Å². The molecule has 6 heteroatoms. The average molecular weight is 274 g/mol. The Hall–Kier alpha value is -2.11. The fraction of sp³-hybridized carbons (Fsp3) is 0.500. The number of nitrogens with one attached hydrogen (secondary N) is 1. The van der Waals surface area contributed by atoms with E-state index in [0.29, 0.717) is 5.56 Å². The van der Waals surface area contributed by atoms with E-state index in [1.807, 2.05) is 31.7 Å². The number of carbonyl (C=O) groups is 1. The highest BCUT2D eigenvalue weighted by Crippen LogP contribution is 2.34. The maximum Gasteiger partial charge on any atom is 0.258 e. The maximum atomic E-state index is 12.7. The molecule has 2 aromatic rings. The third kappa shape index (κ3) is 2.01. The Labute approximate surface area is 117 Å². The fourth-order valence-electron chi connectivity index (χ4n) is 2.86. The highest BCUT2D eigenvalue weighted by atomic mass is 16.5. The van der Waals surface area contributed by atoms with Gasteiger partial charge in [-0.25, -0.2) is 0 Å². The third-order valence-corrected chi connectivity index (χ3v) is 3.83. The molecule has 3 rings (SSSR count). The van der Waals surface area contributed by atoms with Crippen LogP contribution in [-0.4, -0.2) is 32.7 Å². The van der Waals surface area contributed by atoms with Crippen molar-refractivity contribution in [3.05, 3.63) is 34.5 Å². The van der Waals surface area contributed by atoms with E-state index in [-0.39, 0.29) is 11.9 Å². The first-order chi connectivity index (χ1) is 9.58. The van der Waals surface area contributed by atoms with E-state index in [0.717, 1.165) is 42.2 Å². The maximum absolute atomic E-state index is 12.7. The number of likely N-dealkylation sites (tertiary alicyclic amines) is 1. The topological polar surface area (TPSA) is 75.0 Å². The Morgan fingerprint density at radius 2 is 2.25 bits per heavy atom. The summed E-state index contributed by atoms with van der Waals surface area (Å²) < 4.78 is 5.34. The van der Waals surface area contributed by atoms with Gasteiger partial charge in [-0.1, -0.05) is 5.16 Å². The van der Waals surface area contributed by atoms with Crippen molar-refractivity contribution in [2.24, 2.45) is 0 Å². The lowest BCUT2D eigenvalue weighted by molar-refractivity contribution is 0.0713. The Morgan fingerprint density at radius 3 is 2.85 bits per heavy atom. The van der Waals surface area contributed by atoms with Crippen molar-refractivity contribution in [2.75, 3.05) is 6.54 Å². The number of carbonyl (C=O) groups excluding carboxylic acids is 1. The zero-order valence-electron chi connectivity index (χ0n) is 11.9. The van der Waals surface area contributed by atoms with Crippen LogP contribution in [0.5, 0.6) is 0 Å². The molecule has 0 bridgehead atoms. The average Bonchev–Trinajstić information content (AvgIpc) is 3.09. The molecule has 1 N–H and O–H groups in total. The number of rotatable bonds is 2. The van der Waals surface area contributed by atoms with E-state index in [2.05, 4.69) is 15.4 Å². The zero-order valence-corrected chi connectivity index (χ0v) is 11.9. The van der Waals surface area contributed by atoms with Crippen molar-refractivity contribution in [1.29, 1.82) is 0 Å². The van der Waals surface area contributed by atoms with Crippen LogP contribution in [0.25, 0.3) is 0 Å². The molecular weight excluding hydrogens is 256 g/mol. The first-order valence-electron chi connectivity index (χ1n) is 6.83. The number of amides is 1. The molecule has 1 fully saturated rings. The summed E-state index contributed by atoms with van der Waals surface area (Å²) >= 11 is 0. The molecular formula is C14H18N4O2. The predicted octanol–water partition coefficient (Wildman–Crippen LogP) is 2.30. The molecule has 1 aliphatic heterocycles. The summed E-state index contributed by atoms with van der Waals surface area (Å²) in [5, 5.41) is 10.9. The van der Waals surface area contributed by atoms with E-state index < -0.39 is 0 Å². The molecule has 1 saturated heterocycles. The zero-order chi connectivity index (χ0) is 14.3. The molecule has 0 spiro atoms. The van der Waals surface area contributed by atoms with E-state index in [1.165, 1.54) is 0 Å². The van der Waals surface area contributed by atoms with Crippen molar-refractivity contribution < 1.29 is 9.32 Å². The molecule has 0 aliphatic carbocycles. The second kappa shape index (κ2) is 4.77. The number of hydrogen-bond acceptors (Lipinski definition) is 4. The van der Waals surface area contributed by atoms with Crippen LogP contribution >= 0.6 is 0 Å². The summed E-state index contributed by atoms with van der Waals surface area (Å²) in [7, 11) is 0. The molecule has 106 valence electrons. The molecule has 2 aromatic heterocycles. The molecule has 6 nitrogen and oxygen atoms in total. The molecule has 0 saturated carbocycles. The van der Waals surface area contributed by atoms with E-state index in [1.54, 1.807) is 0 Å². The Bertz CT molecular complexity index is 624. The van der Waals surface area contributed by atoms with Gasteiger partial charge < -0.3 is 9.42 Å². The monoisotopic (exact) mass is 274 g/mol. The SMILES string of the molecule is Cc1cc(C2CCCN2C(=O)c2c(C)n[nH]c2C)on1. The summed E-state index contributed by atoms with van der Waals surface area (Å²) in [6, 6.07) is 1.89. The standard InChI is InChI=1S/C14H18N4O2/c1-8-7-12(20-17-8)11-5-4-6-18(11)14(19)13-9(2)15-16-10(13)3/h7,11H,4-6H2,1-3H3,(H,15,16). The fourth-order valence-corrected chi connectivity index (χ4v) is 2.86. The number of H-pyrrole nitrogens is 1. The Morgan fingerprint density at radius 1 is 1.45 bits per heavy atom. The minimum absolute atomic E-state index is 0.0163. The molecule has 1 unspecified atom stereocenters. The lowest BCUT2D eigenvalue weighted by Crippen LogP contribution is -2.31. The summed E-state index contributed by atoms with van der Waals surface area (Å²) in [6.07, 6.45) is 1.89. The second-order valence-electron chi connectivity index (χ2n) is 5.34. The molecule has 0 aromatic carbocycles. The van der Waals surface area contributed by atoms with Crippen LogP contribution in [-0.2, 0) is 0 Å². The van der Waals surface area contributed by atoms with E-state index in [9.17, 15) is 4.79 Å². The number of aromatic amines is 1. The van der Waals surface area contributed by atoms with Crippen LogP contribution in [0.3, 0.4) is 0 Å². The summed E-state index contributed by atoms with van der Waals surface area (Å²) in [5.41, 5.74) is 3.07. The van der Waals surface area contributed by atoms with Gasteiger partial charge in [0.2, 0.25) is 0 Å². The van der Waals surface area contributed by atoms with E-state index in [4.69, 9.17) is 4.52 Å². The lowest BCUT2D eigenvalue weighted by Gasteiger charge is -2.22. The minimum Gasteiger partial charge on any atom is -0.359 e. The molecule has 1 amide bonds. The number of aryl methyl sites for hydroxylation is 3. The molecule has 3 heterocycles. The van der Waals surface area contributed by atoms with Gasteiger partial charge in [0, 0.05) is 18.3 Å². The largest absolute Gasteiger partial charge is 0.359 e. The van der Waals surface area contributed by atoms with Crippen LogP contribution in [0, 0.1) is 20.8 Å². The number of aromatic nitrogens is 3. The van der Waals surface area contributed by atoms with Crippen LogP contribution in [0.15, 0.2) is 10.6 Å². The highest BCUT2D eigenvalue weighted by molar-refractivity contribution is 5.96. The Balaban J connectivity index is 1.91. The van der Waals surface area contributed by atoms with Crippen LogP contribution in [0.4, 0.5) is 0 Å². The normalized spacial score (nSPS) is 18.8. The van der Waals surface area contributed by atoms with Gasteiger partial charge in [-0.3, -0.25) is 9.89 Å². The summed E-state index contributed by atoms with van der Waals surface area (Å²) in [6.45, 7) is 6.35. The van der Waals surface area contributed by atoms with Gasteiger partial charge in [0.25, 0.3) is 5.91 Å². The van der Waals surface area contributed by atoms with Gasteiger partial charge in [0.15, 0.2) is 5.76 Å². The minimum atomic E-state index is -0.0163. The van der Waals surface area contributed by atoms with Gasteiger partial charge in [-0.2, -0.15) is 5.10 Å². The van der Waals surface area contributed by atoms with Crippen molar-refractivity contribution in [3.63, 3.8) is 0 Å². The molecule has 1 atom stereocenters. The quantitative estimate of drug-likeness (QED) is 0.911. The van der Waals surface area contributed by atoms with Crippen molar-refractivity contribution >= 4 is 5.91 Å². The van der Waals surface area contributed by atoms with Crippen molar-refractivity contribution in [1.82, 2.24) is 20.3 Å². The summed E-state index contributed by atoms with van der Waals surface area (Å²) in [5.74, 6) is 0.789. The van der Waals surface area contributed by atoms with Crippen molar-refractivity contribution in [3.8, 4) is 0 Å². The molecule has 0 radical (unpaired) electrons. The summed E-state index contributed by atoms with van der Waals surface area (Å²) in [4.78, 5) is 14.6. The number of nitrogens with zero attached hydrogens (tertiary/aromatic N) is 3. The molecule has 20 heavy (non-hydrogen) atoms. The van der Waals surface area contributed by atoms with Crippen LogP contribution < -0.4 is 0 Å².